The zero-order valence-electron chi connectivity index (χ0n) is 12.1. The SMILES string of the molecule is COc1cccc(O[C@H](C)C(=O)NCc2ccccn2)c1. The third-order valence-corrected chi connectivity index (χ3v) is 2.89. The van der Waals surface area contributed by atoms with Gasteiger partial charge in [0.1, 0.15) is 11.5 Å². The van der Waals surface area contributed by atoms with Crippen LogP contribution >= 0.6 is 0 Å². The Morgan fingerprint density at radius 1 is 1.24 bits per heavy atom. The molecule has 0 radical (unpaired) electrons. The predicted octanol–water partition coefficient (Wildman–Crippen LogP) is 2.17. The van der Waals surface area contributed by atoms with Crippen LogP contribution in [-0.2, 0) is 11.3 Å². The van der Waals surface area contributed by atoms with Crippen LogP contribution in [0.25, 0.3) is 0 Å². The lowest BCUT2D eigenvalue weighted by molar-refractivity contribution is -0.127. The van der Waals surface area contributed by atoms with E-state index in [1.54, 1.807) is 32.4 Å². The number of pyridine rings is 1. The highest BCUT2D eigenvalue weighted by atomic mass is 16.5. The van der Waals surface area contributed by atoms with Gasteiger partial charge in [-0.1, -0.05) is 12.1 Å². The van der Waals surface area contributed by atoms with Gasteiger partial charge in [-0.15, -0.1) is 0 Å². The third kappa shape index (κ3) is 4.49. The van der Waals surface area contributed by atoms with Gasteiger partial charge in [0, 0.05) is 12.3 Å². The number of nitrogens with one attached hydrogen (secondary N) is 1. The van der Waals surface area contributed by atoms with Crippen LogP contribution in [-0.4, -0.2) is 24.1 Å². The van der Waals surface area contributed by atoms with E-state index in [2.05, 4.69) is 10.3 Å². The number of carbonyl (C=O) groups is 1. The highest BCUT2D eigenvalue weighted by molar-refractivity contribution is 5.80. The Morgan fingerprint density at radius 2 is 2.05 bits per heavy atom. The Balaban J connectivity index is 1.87. The predicted molar refractivity (Wildman–Crippen MR) is 79.2 cm³/mol. The number of rotatable bonds is 6. The molecule has 1 amide bonds. The molecule has 0 fully saturated rings. The van der Waals surface area contributed by atoms with E-state index in [-0.39, 0.29) is 5.91 Å². The first-order valence-corrected chi connectivity index (χ1v) is 6.67. The molecule has 5 nitrogen and oxygen atoms in total. The van der Waals surface area contributed by atoms with Crippen LogP contribution in [0.3, 0.4) is 0 Å². The largest absolute Gasteiger partial charge is 0.497 e. The average Bonchev–Trinajstić information content (AvgIpc) is 2.53. The van der Waals surface area contributed by atoms with E-state index < -0.39 is 6.10 Å². The normalized spacial score (nSPS) is 11.5. The molecule has 1 aromatic heterocycles. The van der Waals surface area contributed by atoms with Crippen LogP contribution in [0.2, 0.25) is 0 Å². The van der Waals surface area contributed by atoms with E-state index in [4.69, 9.17) is 9.47 Å². The summed E-state index contributed by atoms with van der Waals surface area (Å²) in [5, 5.41) is 2.79. The number of aromatic nitrogens is 1. The second kappa shape index (κ2) is 7.28. The number of nitrogens with zero attached hydrogens (tertiary/aromatic N) is 1. The monoisotopic (exact) mass is 286 g/mol. The van der Waals surface area contributed by atoms with E-state index in [9.17, 15) is 4.79 Å². The van der Waals surface area contributed by atoms with Crippen LogP contribution in [0.1, 0.15) is 12.6 Å². The zero-order valence-corrected chi connectivity index (χ0v) is 12.1. The van der Waals surface area contributed by atoms with Crippen LogP contribution in [0, 0.1) is 0 Å². The van der Waals surface area contributed by atoms with Gasteiger partial charge < -0.3 is 14.8 Å². The van der Waals surface area contributed by atoms with Crippen molar-refractivity contribution in [1.82, 2.24) is 10.3 Å². The molecule has 0 saturated heterocycles. The summed E-state index contributed by atoms with van der Waals surface area (Å²) >= 11 is 0. The van der Waals surface area contributed by atoms with Gasteiger partial charge >= 0.3 is 0 Å². The molecular formula is C16H18N2O3. The first-order valence-electron chi connectivity index (χ1n) is 6.67. The number of amides is 1. The summed E-state index contributed by atoms with van der Waals surface area (Å²) in [5.41, 5.74) is 0.805. The van der Waals surface area contributed by atoms with Gasteiger partial charge in [-0.25, -0.2) is 0 Å². The van der Waals surface area contributed by atoms with E-state index in [1.807, 2.05) is 30.3 Å². The molecule has 0 aliphatic rings. The highest BCUT2D eigenvalue weighted by Gasteiger charge is 2.14. The molecule has 0 saturated carbocycles. The van der Waals surface area contributed by atoms with Crippen molar-refractivity contribution >= 4 is 5.91 Å². The van der Waals surface area contributed by atoms with Crippen molar-refractivity contribution in [3.05, 3.63) is 54.4 Å². The summed E-state index contributed by atoms with van der Waals surface area (Å²) in [6.07, 6.45) is 1.10. The number of methoxy groups -OCH3 is 1. The lowest BCUT2D eigenvalue weighted by atomic mass is 10.3. The minimum Gasteiger partial charge on any atom is -0.497 e. The Kier molecular flexibility index (Phi) is 5.15. The Hall–Kier alpha value is -2.56. The van der Waals surface area contributed by atoms with Crippen molar-refractivity contribution in [2.75, 3.05) is 7.11 Å². The van der Waals surface area contributed by atoms with Crippen molar-refractivity contribution < 1.29 is 14.3 Å². The van der Waals surface area contributed by atoms with Gasteiger partial charge in [-0.05, 0) is 31.2 Å². The molecule has 0 unspecified atom stereocenters. The standard InChI is InChI=1S/C16H18N2O3/c1-12(21-15-8-5-7-14(10-15)20-2)16(19)18-11-13-6-3-4-9-17-13/h3-10,12H,11H2,1-2H3,(H,18,19)/t12-/m1/s1. The van der Waals surface area contributed by atoms with Crippen LogP contribution in [0.4, 0.5) is 0 Å². The van der Waals surface area contributed by atoms with Crippen LogP contribution < -0.4 is 14.8 Å². The fourth-order valence-electron chi connectivity index (χ4n) is 1.76. The van der Waals surface area contributed by atoms with Crippen molar-refractivity contribution in [2.24, 2.45) is 0 Å². The fraction of sp³-hybridized carbons (Fsp3) is 0.250. The first kappa shape index (κ1) is 14.8. The lowest BCUT2D eigenvalue weighted by Crippen LogP contribution is -2.36. The third-order valence-electron chi connectivity index (χ3n) is 2.89. The highest BCUT2D eigenvalue weighted by Crippen LogP contribution is 2.19. The lowest BCUT2D eigenvalue weighted by Gasteiger charge is -2.15. The molecule has 5 heteroatoms. The van der Waals surface area contributed by atoms with Crippen molar-refractivity contribution in [3.63, 3.8) is 0 Å². The molecule has 21 heavy (non-hydrogen) atoms. The van der Waals surface area contributed by atoms with Crippen molar-refractivity contribution in [1.29, 1.82) is 0 Å². The topological polar surface area (TPSA) is 60.5 Å². The quantitative estimate of drug-likeness (QED) is 0.884. The smallest absolute Gasteiger partial charge is 0.261 e. The maximum absolute atomic E-state index is 12.0. The molecule has 1 atom stereocenters. The number of hydrogen-bond acceptors (Lipinski definition) is 4. The molecule has 1 heterocycles. The molecule has 0 spiro atoms. The van der Waals surface area contributed by atoms with E-state index >= 15 is 0 Å². The number of hydrogen-bond donors (Lipinski definition) is 1. The number of benzene rings is 1. The minimum absolute atomic E-state index is 0.191. The summed E-state index contributed by atoms with van der Waals surface area (Å²) < 4.78 is 10.7. The Morgan fingerprint density at radius 3 is 2.76 bits per heavy atom. The maximum atomic E-state index is 12.0. The minimum atomic E-state index is -0.596. The first-order chi connectivity index (χ1) is 10.2. The Bertz CT molecular complexity index is 587. The van der Waals surface area contributed by atoms with Gasteiger partial charge in [0.05, 0.1) is 19.3 Å². The van der Waals surface area contributed by atoms with Crippen LogP contribution in [0.15, 0.2) is 48.7 Å². The summed E-state index contributed by atoms with van der Waals surface area (Å²) in [6.45, 7) is 2.08. The summed E-state index contributed by atoms with van der Waals surface area (Å²) in [7, 11) is 1.59. The number of ether oxygens (including phenoxy) is 2. The number of carbonyl (C=O) groups excluding carboxylic acids is 1. The molecular weight excluding hydrogens is 268 g/mol. The molecule has 110 valence electrons. The fourth-order valence-corrected chi connectivity index (χ4v) is 1.76. The Labute approximate surface area is 123 Å². The molecule has 1 N–H and O–H groups in total. The van der Waals surface area contributed by atoms with E-state index in [0.29, 0.717) is 18.0 Å². The van der Waals surface area contributed by atoms with Crippen molar-refractivity contribution in [3.8, 4) is 11.5 Å². The van der Waals surface area contributed by atoms with E-state index in [0.717, 1.165) is 5.69 Å². The summed E-state index contributed by atoms with van der Waals surface area (Å²) in [5.74, 6) is 1.09. The van der Waals surface area contributed by atoms with Gasteiger partial charge in [0.15, 0.2) is 6.10 Å². The molecule has 0 bridgehead atoms. The zero-order chi connectivity index (χ0) is 15.1. The van der Waals surface area contributed by atoms with Gasteiger partial charge in [0.25, 0.3) is 5.91 Å². The summed E-state index contributed by atoms with van der Waals surface area (Å²) in [4.78, 5) is 16.1. The summed E-state index contributed by atoms with van der Waals surface area (Å²) in [6, 6.07) is 12.7. The molecule has 2 aromatic rings. The average molecular weight is 286 g/mol. The second-order valence-electron chi connectivity index (χ2n) is 4.48. The molecule has 2 rings (SSSR count). The second-order valence-corrected chi connectivity index (χ2v) is 4.48. The van der Waals surface area contributed by atoms with Crippen molar-refractivity contribution in [2.45, 2.75) is 19.6 Å². The molecule has 0 aliphatic heterocycles. The molecule has 0 aliphatic carbocycles. The molecule has 1 aromatic carbocycles. The van der Waals surface area contributed by atoms with Gasteiger partial charge in [0.2, 0.25) is 0 Å². The van der Waals surface area contributed by atoms with Crippen LogP contribution in [0.5, 0.6) is 11.5 Å². The van der Waals surface area contributed by atoms with E-state index in [1.165, 1.54) is 0 Å². The van der Waals surface area contributed by atoms with Gasteiger partial charge in [-0.2, -0.15) is 0 Å². The van der Waals surface area contributed by atoms with Gasteiger partial charge in [-0.3, -0.25) is 9.78 Å². The maximum Gasteiger partial charge on any atom is 0.261 e.